The standard InChI is InChI=1S/C22H20BrNO6/c1-14-7-8-19(17(23)11-14)29-13-20(25)28-10-4-9-24-21(26)16-12-15-5-2-3-6-18(15)30-22(16)27/h2-3,5-8,11-12H,4,9-10,13H2,1H3,(H,24,26). The fourth-order valence-electron chi connectivity index (χ4n) is 2.68. The Kier molecular flexibility index (Phi) is 7.24. The van der Waals surface area contributed by atoms with Crippen molar-refractivity contribution < 1.29 is 23.5 Å². The van der Waals surface area contributed by atoms with Crippen LogP contribution in [0.3, 0.4) is 0 Å². The molecule has 1 N–H and O–H groups in total. The maximum Gasteiger partial charge on any atom is 0.349 e. The van der Waals surface area contributed by atoms with Crippen molar-refractivity contribution in [3.05, 3.63) is 74.6 Å². The summed E-state index contributed by atoms with van der Waals surface area (Å²) in [6.45, 7) is 2.09. The van der Waals surface area contributed by atoms with Crippen LogP contribution in [0.2, 0.25) is 0 Å². The summed E-state index contributed by atoms with van der Waals surface area (Å²) in [5.74, 6) is -0.489. The Morgan fingerprint density at radius 2 is 1.93 bits per heavy atom. The van der Waals surface area contributed by atoms with Gasteiger partial charge in [0.2, 0.25) is 0 Å². The Labute approximate surface area is 181 Å². The lowest BCUT2D eigenvalue weighted by atomic mass is 10.2. The number of nitrogens with one attached hydrogen (secondary N) is 1. The predicted molar refractivity (Wildman–Crippen MR) is 115 cm³/mol. The van der Waals surface area contributed by atoms with E-state index in [1.807, 2.05) is 19.1 Å². The Morgan fingerprint density at radius 3 is 2.73 bits per heavy atom. The molecule has 156 valence electrons. The SMILES string of the molecule is Cc1ccc(OCC(=O)OCCCNC(=O)c2cc3ccccc3oc2=O)c(Br)c1. The van der Waals surface area contributed by atoms with Crippen LogP contribution in [0.4, 0.5) is 0 Å². The summed E-state index contributed by atoms with van der Waals surface area (Å²) in [5.41, 5.74) is 0.728. The largest absolute Gasteiger partial charge is 0.481 e. The number of rotatable bonds is 8. The van der Waals surface area contributed by atoms with Crippen LogP contribution in [0.15, 0.2) is 62.2 Å². The van der Waals surface area contributed by atoms with E-state index in [1.54, 1.807) is 30.3 Å². The number of aryl methyl sites for hydroxylation is 1. The molecule has 3 rings (SSSR count). The number of hydrogen-bond acceptors (Lipinski definition) is 6. The molecule has 0 saturated heterocycles. The third-order valence-electron chi connectivity index (χ3n) is 4.19. The quantitative estimate of drug-likeness (QED) is 0.305. The number of halogens is 1. The van der Waals surface area contributed by atoms with Gasteiger partial charge < -0.3 is 19.2 Å². The number of carbonyl (C=O) groups excluding carboxylic acids is 2. The van der Waals surface area contributed by atoms with Gasteiger partial charge in [0.05, 0.1) is 11.1 Å². The van der Waals surface area contributed by atoms with Crippen LogP contribution in [0.25, 0.3) is 11.0 Å². The Bertz CT molecular complexity index is 1120. The highest BCUT2D eigenvalue weighted by atomic mass is 79.9. The van der Waals surface area contributed by atoms with Crippen LogP contribution < -0.4 is 15.7 Å². The Morgan fingerprint density at radius 1 is 1.13 bits per heavy atom. The molecule has 0 aliphatic rings. The summed E-state index contributed by atoms with van der Waals surface area (Å²) in [6, 6.07) is 14.0. The number of fused-ring (bicyclic) bond motifs is 1. The topological polar surface area (TPSA) is 94.8 Å². The number of amides is 1. The number of ether oxygens (including phenoxy) is 2. The van der Waals surface area contributed by atoms with Crippen LogP contribution in [-0.4, -0.2) is 31.6 Å². The van der Waals surface area contributed by atoms with Gasteiger partial charge in [-0.15, -0.1) is 0 Å². The van der Waals surface area contributed by atoms with Crippen LogP contribution in [0.5, 0.6) is 5.75 Å². The monoisotopic (exact) mass is 473 g/mol. The summed E-state index contributed by atoms with van der Waals surface area (Å²) in [7, 11) is 0. The molecule has 7 nitrogen and oxygen atoms in total. The van der Waals surface area contributed by atoms with Gasteiger partial charge in [-0.25, -0.2) is 9.59 Å². The smallest absolute Gasteiger partial charge is 0.349 e. The number of carbonyl (C=O) groups is 2. The zero-order valence-electron chi connectivity index (χ0n) is 16.3. The number of esters is 1. The number of para-hydroxylation sites is 1. The van der Waals surface area contributed by atoms with Crippen molar-refractivity contribution in [2.75, 3.05) is 19.8 Å². The van der Waals surface area contributed by atoms with E-state index >= 15 is 0 Å². The zero-order chi connectivity index (χ0) is 21.5. The molecule has 8 heteroatoms. The first-order chi connectivity index (χ1) is 14.4. The van der Waals surface area contributed by atoms with Crippen LogP contribution >= 0.6 is 15.9 Å². The first-order valence-corrected chi connectivity index (χ1v) is 10.1. The molecule has 0 unspecified atom stereocenters. The fraction of sp³-hybridized carbons (Fsp3) is 0.227. The zero-order valence-corrected chi connectivity index (χ0v) is 17.9. The molecule has 0 aliphatic carbocycles. The third kappa shape index (κ3) is 5.70. The van der Waals surface area contributed by atoms with E-state index in [4.69, 9.17) is 13.9 Å². The molecule has 30 heavy (non-hydrogen) atoms. The number of hydrogen-bond donors (Lipinski definition) is 1. The van der Waals surface area contributed by atoms with Gasteiger partial charge in [-0.1, -0.05) is 24.3 Å². The number of benzene rings is 2. The van der Waals surface area contributed by atoms with Crippen molar-refractivity contribution in [2.45, 2.75) is 13.3 Å². The minimum Gasteiger partial charge on any atom is -0.481 e. The van der Waals surface area contributed by atoms with E-state index in [-0.39, 0.29) is 25.3 Å². The van der Waals surface area contributed by atoms with Crippen molar-refractivity contribution in [2.24, 2.45) is 0 Å². The van der Waals surface area contributed by atoms with Gasteiger partial charge in [0.25, 0.3) is 5.91 Å². The van der Waals surface area contributed by atoms with E-state index in [0.717, 1.165) is 10.0 Å². The molecule has 0 bridgehead atoms. The summed E-state index contributed by atoms with van der Waals surface area (Å²) < 4.78 is 16.4. The van der Waals surface area contributed by atoms with Crippen molar-refractivity contribution >= 4 is 38.8 Å². The Hall–Kier alpha value is -3.13. The molecule has 0 spiro atoms. The lowest BCUT2D eigenvalue weighted by molar-refractivity contribution is -0.146. The molecule has 0 saturated carbocycles. The van der Waals surface area contributed by atoms with Gasteiger partial charge in [0, 0.05) is 11.9 Å². The maximum atomic E-state index is 12.2. The lowest BCUT2D eigenvalue weighted by Crippen LogP contribution is -2.29. The van der Waals surface area contributed by atoms with Gasteiger partial charge in [-0.05, 0) is 59.1 Å². The Balaban J connectivity index is 1.39. The van der Waals surface area contributed by atoms with E-state index in [0.29, 0.717) is 23.1 Å². The summed E-state index contributed by atoms with van der Waals surface area (Å²) in [6.07, 6.45) is 0.393. The summed E-state index contributed by atoms with van der Waals surface area (Å²) in [4.78, 5) is 36.0. The minimum atomic E-state index is -0.697. The van der Waals surface area contributed by atoms with Gasteiger partial charge in [0.15, 0.2) is 6.61 Å². The molecule has 0 atom stereocenters. The highest BCUT2D eigenvalue weighted by molar-refractivity contribution is 9.10. The molecule has 1 amide bonds. The first kappa shape index (κ1) is 21.6. The average Bonchev–Trinajstić information content (AvgIpc) is 2.72. The van der Waals surface area contributed by atoms with E-state index in [1.165, 1.54) is 6.07 Å². The van der Waals surface area contributed by atoms with Gasteiger partial charge in [-0.3, -0.25) is 4.79 Å². The highest BCUT2D eigenvalue weighted by Gasteiger charge is 2.13. The highest BCUT2D eigenvalue weighted by Crippen LogP contribution is 2.25. The normalized spacial score (nSPS) is 10.6. The van der Waals surface area contributed by atoms with Gasteiger partial charge in [-0.2, -0.15) is 0 Å². The maximum absolute atomic E-state index is 12.2. The van der Waals surface area contributed by atoms with E-state index in [2.05, 4.69) is 21.2 Å². The second kappa shape index (κ2) is 10.1. The fourth-order valence-corrected chi connectivity index (χ4v) is 3.28. The van der Waals surface area contributed by atoms with Crippen molar-refractivity contribution in [3.8, 4) is 5.75 Å². The van der Waals surface area contributed by atoms with Crippen molar-refractivity contribution in [1.29, 1.82) is 0 Å². The molecule has 0 aliphatic heterocycles. The average molecular weight is 474 g/mol. The molecule has 2 aromatic carbocycles. The molecular weight excluding hydrogens is 454 g/mol. The van der Waals surface area contributed by atoms with Crippen molar-refractivity contribution in [3.63, 3.8) is 0 Å². The van der Waals surface area contributed by atoms with Gasteiger partial charge in [0.1, 0.15) is 16.9 Å². The lowest BCUT2D eigenvalue weighted by Gasteiger charge is -2.09. The summed E-state index contributed by atoms with van der Waals surface area (Å²) >= 11 is 3.38. The molecule has 0 radical (unpaired) electrons. The van der Waals surface area contributed by atoms with Crippen LogP contribution in [-0.2, 0) is 9.53 Å². The van der Waals surface area contributed by atoms with E-state index < -0.39 is 17.5 Å². The molecule has 0 fully saturated rings. The molecule has 3 aromatic rings. The molecule has 1 aromatic heterocycles. The minimum absolute atomic E-state index is 0.0669. The molecule has 1 heterocycles. The van der Waals surface area contributed by atoms with Crippen molar-refractivity contribution in [1.82, 2.24) is 5.32 Å². The summed E-state index contributed by atoms with van der Waals surface area (Å²) in [5, 5.41) is 3.28. The second-order valence-corrected chi connectivity index (χ2v) is 7.39. The van der Waals surface area contributed by atoms with Crippen LogP contribution in [0, 0.1) is 6.92 Å². The van der Waals surface area contributed by atoms with E-state index in [9.17, 15) is 14.4 Å². The first-order valence-electron chi connectivity index (χ1n) is 9.30. The van der Waals surface area contributed by atoms with Crippen LogP contribution in [0.1, 0.15) is 22.3 Å². The predicted octanol–water partition coefficient (Wildman–Crippen LogP) is 3.61. The van der Waals surface area contributed by atoms with Gasteiger partial charge >= 0.3 is 11.6 Å². The third-order valence-corrected chi connectivity index (χ3v) is 4.81. The second-order valence-electron chi connectivity index (χ2n) is 6.54. The molecular formula is C22H20BrNO6.